The molecule has 0 saturated carbocycles. The fourth-order valence-electron chi connectivity index (χ4n) is 3.53. The fourth-order valence-corrected chi connectivity index (χ4v) is 3.53. The van der Waals surface area contributed by atoms with E-state index in [1.165, 1.54) is 17.0 Å². The van der Waals surface area contributed by atoms with Gasteiger partial charge in [0.15, 0.2) is 11.5 Å². The number of alkyl halides is 3. The normalized spacial score (nSPS) is 15.0. The Bertz CT molecular complexity index is 1110. The van der Waals surface area contributed by atoms with Crippen molar-refractivity contribution in [3.05, 3.63) is 52.7 Å². The van der Waals surface area contributed by atoms with Crippen LogP contribution in [0, 0.1) is 0 Å². The summed E-state index contributed by atoms with van der Waals surface area (Å²) in [6, 6.07) is 7.84. The van der Waals surface area contributed by atoms with Crippen LogP contribution in [0.25, 0.3) is 10.9 Å². The van der Waals surface area contributed by atoms with Crippen molar-refractivity contribution in [1.82, 2.24) is 19.7 Å². The second-order valence-electron chi connectivity index (χ2n) is 7.19. The van der Waals surface area contributed by atoms with Gasteiger partial charge in [-0.1, -0.05) is 0 Å². The molecule has 0 atom stereocenters. The minimum atomic E-state index is -4.50. The standard InChI is InChI=1S/C20H21F3N6O2/c1-31-11-10-29-13-24-16-12-14(2-3-15(16)19(29)30)27-6-8-28(9-7-27)18-5-4-17(25-26-18)20(21,22)23/h2-5,12-13H,6-11H2,1H3. The van der Waals surface area contributed by atoms with Crippen molar-refractivity contribution >= 4 is 22.4 Å². The van der Waals surface area contributed by atoms with Crippen molar-refractivity contribution in [2.75, 3.05) is 49.7 Å². The van der Waals surface area contributed by atoms with Gasteiger partial charge in [-0.15, -0.1) is 10.2 Å². The average Bonchev–Trinajstić information content (AvgIpc) is 2.78. The number of hydrogen-bond acceptors (Lipinski definition) is 7. The number of nitrogens with zero attached hydrogens (tertiary/aromatic N) is 6. The Hall–Kier alpha value is -3.21. The summed E-state index contributed by atoms with van der Waals surface area (Å²) in [4.78, 5) is 21.0. The zero-order valence-electron chi connectivity index (χ0n) is 16.8. The molecular weight excluding hydrogens is 413 g/mol. The summed E-state index contributed by atoms with van der Waals surface area (Å²) in [5.74, 6) is 0.421. The first-order chi connectivity index (χ1) is 14.9. The molecule has 11 heteroatoms. The van der Waals surface area contributed by atoms with Crippen LogP contribution in [0.15, 0.2) is 41.5 Å². The molecule has 1 aromatic carbocycles. The van der Waals surface area contributed by atoms with Crippen LogP contribution in [0.1, 0.15) is 5.69 Å². The molecule has 1 saturated heterocycles. The van der Waals surface area contributed by atoms with Crippen LogP contribution in [0.4, 0.5) is 24.7 Å². The highest BCUT2D eigenvalue weighted by Gasteiger charge is 2.33. The van der Waals surface area contributed by atoms with E-state index in [0.29, 0.717) is 56.1 Å². The van der Waals surface area contributed by atoms with Gasteiger partial charge in [-0.05, 0) is 30.3 Å². The van der Waals surface area contributed by atoms with Gasteiger partial charge in [-0.3, -0.25) is 9.36 Å². The molecule has 3 heterocycles. The maximum Gasteiger partial charge on any atom is 0.435 e. The van der Waals surface area contributed by atoms with Gasteiger partial charge in [0, 0.05) is 39.0 Å². The molecule has 8 nitrogen and oxygen atoms in total. The van der Waals surface area contributed by atoms with E-state index in [0.717, 1.165) is 11.8 Å². The number of aromatic nitrogens is 4. The summed E-state index contributed by atoms with van der Waals surface area (Å²) in [5, 5.41) is 7.56. The van der Waals surface area contributed by atoms with Gasteiger partial charge >= 0.3 is 6.18 Å². The molecule has 0 amide bonds. The molecule has 31 heavy (non-hydrogen) atoms. The molecule has 1 aliphatic rings. The smallest absolute Gasteiger partial charge is 0.383 e. The van der Waals surface area contributed by atoms with Crippen molar-refractivity contribution in [3.8, 4) is 0 Å². The van der Waals surface area contributed by atoms with E-state index < -0.39 is 11.9 Å². The Labute approximate surface area is 175 Å². The predicted molar refractivity (Wildman–Crippen MR) is 109 cm³/mol. The maximum atomic E-state index is 12.7. The number of benzene rings is 1. The van der Waals surface area contributed by atoms with Crippen LogP contribution >= 0.6 is 0 Å². The minimum Gasteiger partial charge on any atom is -0.383 e. The van der Waals surface area contributed by atoms with E-state index >= 15 is 0 Å². The lowest BCUT2D eigenvalue weighted by molar-refractivity contribution is -0.141. The van der Waals surface area contributed by atoms with Gasteiger partial charge < -0.3 is 14.5 Å². The maximum absolute atomic E-state index is 12.7. The lowest BCUT2D eigenvalue weighted by Gasteiger charge is -2.36. The van der Waals surface area contributed by atoms with Gasteiger partial charge in [-0.2, -0.15) is 13.2 Å². The number of halogens is 3. The molecule has 0 radical (unpaired) electrons. The number of ether oxygens (including phenoxy) is 1. The van der Waals surface area contributed by atoms with Crippen LogP contribution in [0.5, 0.6) is 0 Å². The summed E-state index contributed by atoms with van der Waals surface area (Å²) in [7, 11) is 1.58. The Morgan fingerprint density at radius 3 is 2.42 bits per heavy atom. The van der Waals surface area contributed by atoms with Crippen LogP contribution in [-0.4, -0.2) is 59.6 Å². The Morgan fingerprint density at radius 1 is 1.03 bits per heavy atom. The molecule has 1 aliphatic heterocycles. The topological polar surface area (TPSA) is 76.4 Å². The van der Waals surface area contributed by atoms with E-state index in [-0.39, 0.29) is 5.56 Å². The number of hydrogen-bond donors (Lipinski definition) is 0. The Balaban J connectivity index is 1.45. The van der Waals surface area contributed by atoms with E-state index in [1.807, 2.05) is 17.0 Å². The van der Waals surface area contributed by atoms with Crippen LogP contribution in [-0.2, 0) is 17.5 Å². The lowest BCUT2D eigenvalue weighted by atomic mass is 10.2. The Morgan fingerprint density at radius 2 is 1.77 bits per heavy atom. The molecule has 164 valence electrons. The van der Waals surface area contributed by atoms with Crippen LogP contribution < -0.4 is 15.4 Å². The third kappa shape index (κ3) is 4.46. The second-order valence-corrected chi connectivity index (χ2v) is 7.19. The van der Waals surface area contributed by atoms with E-state index in [9.17, 15) is 18.0 Å². The second kappa shape index (κ2) is 8.50. The number of piperazine rings is 1. The summed E-state index contributed by atoms with van der Waals surface area (Å²) < 4.78 is 44.5. The molecule has 0 unspecified atom stereocenters. The number of anilines is 2. The molecule has 0 bridgehead atoms. The highest BCUT2D eigenvalue weighted by atomic mass is 19.4. The minimum absolute atomic E-state index is 0.112. The lowest BCUT2D eigenvalue weighted by Crippen LogP contribution is -2.47. The van der Waals surface area contributed by atoms with Crippen molar-refractivity contribution in [3.63, 3.8) is 0 Å². The molecule has 2 aromatic heterocycles. The molecule has 0 N–H and O–H groups in total. The quantitative estimate of drug-likeness (QED) is 0.609. The highest BCUT2D eigenvalue weighted by Crippen LogP contribution is 2.28. The molecule has 3 aromatic rings. The SMILES string of the molecule is COCCn1cnc2cc(N3CCN(c4ccc(C(F)(F)F)nn4)CC3)ccc2c1=O. The summed E-state index contributed by atoms with van der Waals surface area (Å²) >= 11 is 0. The van der Waals surface area contributed by atoms with Crippen molar-refractivity contribution in [2.45, 2.75) is 12.7 Å². The molecule has 0 aliphatic carbocycles. The van der Waals surface area contributed by atoms with Crippen molar-refractivity contribution in [2.24, 2.45) is 0 Å². The summed E-state index contributed by atoms with van der Waals surface area (Å²) in [6.45, 7) is 3.35. The zero-order valence-corrected chi connectivity index (χ0v) is 16.8. The van der Waals surface area contributed by atoms with Crippen molar-refractivity contribution in [1.29, 1.82) is 0 Å². The van der Waals surface area contributed by atoms with E-state index in [2.05, 4.69) is 20.1 Å². The van der Waals surface area contributed by atoms with Crippen LogP contribution in [0.3, 0.4) is 0 Å². The molecule has 4 rings (SSSR count). The average molecular weight is 434 g/mol. The zero-order chi connectivity index (χ0) is 22.0. The van der Waals surface area contributed by atoms with Gasteiger partial charge in [0.2, 0.25) is 0 Å². The largest absolute Gasteiger partial charge is 0.435 e. The Kier molecular flexibility index (Phi) is 5.77. The number of fused-ring (bicyclic) bond motifs is 1. The predicted octanol–water partition coefficient (Wildman–Crippen LogP) is 2.18. The number of methoxy groups -OCH3 is 1. The van der Waals surface area contributed by atoms with Gasteiger partial charge in [0.1, 0.15) is 0 Å². The van der Waals surface area contributed by atoms with Crippen LogP contribution in [0.2, 0.25) is 0 Å². The summed E-state index contributed by atoms with van der Waals surface area (Å²) in [5.41, 5.74) is 0.443. The molecule has 1 fully saturated rings. The monoisotopic (exact) mass is 434 g/mol. The first kappa shape index (κ1) is 21.0. The van der Waals surface area contributed by atoms with Gasteiger partial charge in [-0.25, -0.2) is 4.98 Å². The summed E-state index contributed by atoms with van der Waals surface area (Å²) in [6.07, 6.45) is -2.98. The van der Waals surface area contributed by atoms with E-state index in [1.54, 1.807) is 13.2 Å². The molecular formula is C20H21F3N6O2. The first-order valence-electron chi connectivity index (χ1n) is 9.76. The molecule has 0 spiro atoms. The first-order valence-corrected chi connectivity index (χ1v) is 9.76. The highest BCUT2D eigenvalue weighted by molar-refractivity contribution is 5.81. The fraction of sp³-hybridized carbons (Fsp3) is 0.400. The van der Waals surface area contributed by atoms with Gasteiger partial charge in [0.05, 0.1) is 30.4 Å². The third-order valence-electron chi connectivity index (χ3n) is 5.25. The third-order valence-corrected chi connectivity index (χ3v) is 5.25. The number of rotatable bonds is 5. The van der Waals surface area contributed by atoms with Gasteiger partial charge in [0.25, 0.3) is 5.56 Å². The van der Waals surface area contributed by atoms with E-state index in [4.69, 9.17) is 4.74 Å². The van der Waals surface area contributed by atoms with Crippen molar-refractivity contribution < 1.29 is 17.9 Å².